The second-order valence-electron chi connectivity index (χ2n) is 6.49. The van der Waals surface area contributed by atoms with Gasteiger partial charge in [-0.05, 0) is 49.8 Å². The van der Waals surface area contributed by atoms with Gasteiger partial charge in [0.1, 0.15) is 6.33 Å². The number of amides is 1. The van der Waals surface area contributed by atoms with E-state index >= 15 is 0 Å². The highest BCUT2D eigenvalue weighted by atomic mass is 35.5. The van der Waals surface area contributed by atoms with Crippen molar-refractivity contribution in [2.45, 2.75) is 38.3 Å². The van der Waals surface area contributed by atoms with Crippen LogP contribution in [0.3, 0.4) is 0 Å². The highest BCUT2D eigenvalue weighted by Crippen LogP contribution is 2.30. The molecule has 0 unspecified atom stereocenters. The Balaban J connectivity index is 1.66. The maximum Gasteiger partial charge on any atom is 0.233 e. The van der Waals surface area contributed by atoms with E-state index in [9.17, 15) is 4.79 Å². The molecule has 0 atom stereocenters. The first-order valence-corrected chi connectivity index (χ1v) is 10.0. The lowest BCUT2D eigenvalue weighted by atomic mass is 10.2. The summed E-state index contributed by atoms with van der Waals surface area (Å²) in [6.07, 6.45) is 5.15. The third-order valence-electron chi connectivity index (χ3n) is 4.30. The van der Waals surface area contributed by atoms with Gasteiger partial charge >= 0.3 is 0 Å². The molecule has 1 aromatic heterocycles. The van der Waals surface area contributed by atoms with Gasteiger partial charge in [0, 0.05) is 18.1 Å². The van der Waals surface area contributed by atoms with Crippen LogP contribution in [-0.2, 0) is 4.79 Å². The molecule has 0 saturated heterocycles. The van der Waals surface area contributed by atoms with E-state index in [2.05, 4.69) is 17.1 Å². The van der Waals surface area contributed by atoms with Crippen molar-refractivity contribution in [3.8, 4) is 5.69 Å². The summed E-state index contributed by atoms with van der Waals surface area (Å²) in [4.78, 5) is 14.6. The number of carbonyl (C=O) groups excluding carboxylic acids is 1. The minimum Gasteiger partial charge on any atom is -0.342 e. The van der Waals surface area contributed by atoms with Crippen molar-refractivity contribution >= 4 is 29.3 Å². The minimum atomic E-state index is 0.176. The molecule has 1 saturated carbocycles. The molecule has 0 radical (unpaired) electrons. The summed E-state index contributed by atoms with van der Waals surface area (Å²) >= 11 is 7.64. The molecule has 0 spiro atoms. The Bertz CT molecular complexity index is 744. The van der Waals surface area contributed by atoms with E-state index in [1.54, 1.807) is 6.33 Å². The van der Waals surface area contributed by atoms with Gasteiger partial charge in [-0.3, -0.25) is 9.36 Å². The molecule has 1 fully saturated rings. The molecule has 0 aliphatic heterocycles. The number of rotatable bonds is 8. The predicted octanol–water partition coefficient (Wildman–Crippen LogP) is 3.97. The van der Waals surface area contributed by atoms with Crippen molar-refractivity contribution in [2.75, 3.05) is 18.8 Å². The number of benzene rings is 1. The highest BCUT2D eigenvalue weighted by Gasteiger charge is 2.26. The van der Waals surface area contributed by atoms with Gasteiger partial charge in [0.25, 0.3) is 0 Å². The van der Waals surface area contributed by atoms with Crippen LogP contribution in [0.1, 0.15) is 31.7 Å². The number of nitrogens with zero attached hydrogens (tertiary/aromatic N) is 4. The summed E-state index contributed by atoms with van der Waals surface area (Å²) in [6, 6.07) is 5.84. The fraction of sp³-hybridized carbons (Fsp3) is 0.500. The fourth-order valence-corrected chi connectivity index (χ4v) is 3.66. The van der Waals surface area contributed by atoms with Gasteiger partial charge in [0.2, 0.25) is 5.91 Å². The number of aromatic nitrogens is 3. The zero-order valence-corrected chi connectivity index (χ0v) is 16.2. The zero-order valence-electron chi connectivity index (χ0n) is 14.6. The van der Waals surface area contributed by atoms with E-state index in [0.29, 0.717) is 21.8 Å². The Kier molecular flexibility index (Phi) is 6.02. The van der Waals surface area contributed by atoms with Crippen molar-refractivity contribution in [1.82, 2.24) is 19.7 Å². The van der Waals surface area contributed by atoms with Gasteiger partial charge < -0.3 is 4.90 Å². The van der Waals surface area contributed by atoms with E-state index in [-0.39, 0.29) is 5.91 Å². The first-order valence-electron chi connectivity index (χ1n) is 8.65. The van der Waals surface area contributed by atoms with E-state index in [0.717, 1.165) is 30.8 Å². The van der Waals surface area contributed by atoms with Crippen LogP contribution >= 0.6 is 23.4 Å². The number of hydrogen-bond donors (Lipinski definition) is 0. The van der Waals surface area contributed by atoms with Gasteiger partial charge in [-0.15, -0.1) is 10.2 Å². The zero-order chi connectivity index (χ0) is 17.8. The Morgan fingerprint density at radius 2 is 2.24 bits per heavy atom. The molecule has 7 heteroatoms. The van der Waals surface area contributed by atoms with Crippen molar-refractivity contribution in [1.29, 1.82) is 0 Å². The Morgan fingerprint density at radius 1 is 1.44 bits per heavy atom. The lowest BCUT2D eigenvalue weighted by Gasteiger charge is -2.21. The van der Waals surface area contributed by atoms with E-state index in [4.69, 9.17) is 11.6 Å². The molecule has 1 aliphatic carbocycles. The molecule has 1 amide bonds. The van der Waals surface area contributed by atoms with Crippen molar-refractivity contribution in [3.63, 3.8) is 0 Å². The van der Waals surface area contributed by atoms with Crippen molar-refractivity contribution in [2.24, 2.45) is 5.92 Å². The molecule has 0 N–H and O–H groups in total. The molecule has 1 aromatic carbocycles. The Hall–Kier alpha value is -1.53. The van der Waals surface area contributed by atoms with E-state index in [1.165, 1.54) is 24.6 Å². The summed E-state index contributed by atoms with van der Waals surface area (Å²) in [5.41, 5.74) is 1.93. The van der Waals surface area contributed by atoms with Crippen LogP contribution in [-0.4, -0.2) is 44.4 Å². The van der Waals surface area contributed by atoms with Crippen LogP contribution in [0.2, 0.25) is 5.02 Å². The quantitative estimate of drug-likeness (QED) is 0.652. The summed E-state index contributed by atoms with van der Waals surface area (Å²) in [7, 11) is 0. The standard InChI is InChI=1S/C18H23ClN4OS/c1-3-8-22(10-14-5-6-14)17(24)11-25-18-21-20-12-23(18)15-7-4-13(2)16(19)9-15/h4,7,9,12,14H,3,5-6,8,10-11H2,1-2H3. The molecule has 1 heterocycles. The number of halogens is 1. The minimum absolute atomic E-state index is 0.176. The molecule has 3 rings (SSSR count). The van der Waals surface area contributed by atoms with Crippen LogP contribution in [0, 0.1) is 12.8 Å². The van der Waals surface area contributed by atoms with Gasteiger partial charge in [-0.25, -0.2) is 0 Å². The summed E-state index contributed by atoms with van der Waals surface area (Å²) in [5, 5.41) is 9.56. The first-order chi connectivity index (χ1) is 12.1. The molecular weight excluding hydrogens is 356 g/mol. The second-order valence-corrected chi connectivity index (χ2v) is 7.84. The molecule has 134 valence electrons. The topological polar surface area (TPSA) is 51.0 Å². The molecule has 1 aliphatic rings. The largest absolute Gasteiger partial charge is 0.342 e. The van der Waals surface area contributed by atoms with Crippen LogP contribution < -0.4 is 0 Å². The normalized spacial score (nSPS) is 13.9. The van der Waals surface area contributed by atoms with Gasteiger partial charge in [-0.1, -0.05) is 36.4 Å². The Labute approximate surface area is 157 Å². The average Bonchev–Trinajstić information content (AvgIpc) is 3.29. The molecular formula is C18H23ClN4OS. The highest BCUT2D eigenvalue weighted by molar-refractivity contribution is 7.99. The summed E-state index contributed by atoms with van der Waals surface area (Å²) in [5.74, 6) is 1.26. The fourth-order valence-electron chi connectivity index (χ4n) is 2.65. The smallest absolute Gasteiger partial charge is 0.233 e. The lowest BCUT2D eigenvalue weighted by molar-refractivity contribution is -0.128. The number of hydrogen-bond acceptors (Lipinski definition) is 4. The second kappa shape index (κ2) is 8.23. The van der Waals surface area contributed by atoms with Gasteiger partial charge in [-0.2, -0.15) is 0 Å². The third-order valence-corrected chi connectivity index (χ3v) is 5.63. The number of carbonyl (C=O) groups is 1. The Morgan fingerprint density at radius 3 is 2.92 bits per heavy atom. The van der Waals surface area contributed by atoms with Crippen LogP contribution in [0.25, 0.3) is 5.69 Å². The average molecular weight is 379 g/mol. The molecule has 0 bridgehead atoms. The molecule has 2 aromatic rings. The summed E-state index contributed by atoms with van der Waals surface area (Å²) in [6.45, 7) is 5.80. The maximum absolute atomic E-state index is 12.6. The van der Waals surface area contributed by atoms with Crippen molar-refractivity contribution in [3.05, 3.63) is 35.1 Å². The number of thioether (sulfide) groups is 1. The van der Waals surface area contributed by atoms with E-state index in [1.807, 2.05) is 34.6 Å². The molecule has 5 nitrogen and oxygen atoms in total. The predicted molar refractivity (Wildman–Crippen MR) is 101 cm³/mol. The van der Waals surface area contributed by atoms with Gasteiger partial charge in [0.15, 0.2) is 5.16 Å². The SMILES string of the molecule is CCCN(CC1CC1)C(=O)CSc1nncn1-c1ccc(C)c(Cl)c1. The monoisotopic (exact) mass is 378 g/mol. The first kappa shape index (κ1) is 18.3. The lowest BCUT2D eigenvalue weighted by Crippen LogP contribution is -2.35. The maximum atomic E-state index is 12.6. The van der Waals surface area contributed by atoms with Crippen LogP contribution in [0.4, 0.5) is 0 Å². The molecule has 25 heavy (non-hydrogen) atoms. The van der Waals surface area contributed by atoms with Crippen LogP contribution in [0.15, 0.2) is 29.7 Å². The van der Waals surface area contributed by atoms with Crippen LogP contribution in [0.5, 0.6) is 0 Å². The third kappa shape index (κ3) is 4.76. The summed E-state index contributed by atoms with van der Waals surface area (Å²) < 4.78 is 1.87. The van der Waals surface area contributed by atoms with Gasteiger partial charge in [0.05, 0.1) is 11.4 Å². The number of aryl methyl sites for hydroxylation is 1. The van der Waals surface area contributed by atoms with Crippen molar-refractivity contribution < 1.29 is 4.79 Å². The van der Waals surface area contributed by atoms with E-state index < -0.39 is 0 Å².